The van der Waals surface area contributed by atoms with E-state index in [1.54, 1.807) is 13.3 Å². The van der Waals surface area contributed by atoms with Crippen LogP contribution >= 0.6 is 0 Å². The van der Waals surface area contributed by atoms with E-state index in [0.29, 0.717) is 18.1 Å². The van der Waals surface area contributed by atoms with Gasteiger partial charge in [0.1, 0.15) is 11.6 Å². The minimum atomic E-state index is -0.342. The van der Waals surface area contributed by atoms with Gasteiger partial charge in [0.2, 0.25) is 5.82 Å². The summed E-state index contributed by atoms with van der Waals surface area (Å²) in [6, 6.07) is 7.35. The van der Waals surface area contributed by atoms with Crippen molar-refractivity contribution in [2.45, 2.75) is 13.5 Å². The molecule has 0 fully saturated rings. The molecule has 1 amide bonds. The summed E-state index contributed by atoms with van der Waals surface area (Å²) < 4.78 is 5.27. The van der Waals surface area contributed by atoms with Gasteiger partial charge >= 0.3 is 0 Å². The summed E-state index contributed by atoms with van der Waals surface area (Å²) in [7, 11) is 1.57. The lowest BCUT2D eigenvalue weighted by atomic mass is 10.2. The van der Waals surface area contributed by atoms with E-state index < -0.39 is 0 Å². The molecule has 0 aliphatic rings. The molecular formula is C15H16N6O2. The first-order valence-corrected chi connectivity index (χ1v) is 7.02. The molecule has 2 aromatic heterocycles. The maximum Gasteiger partial charge on any atom is 0.288 e. The molecule has 2 heterocycles. The van der Waals surface area contributed by atoms with Gasteiger partial charge in [-0.25, -0.2) is 9.97 Å². The van der Waals surface area contributed by atoms with Gasteiger partial charge in [-0.2, -0.15) is 5.10 Å². The van der Waals surface area contributed by atoms with Crippen LogP contribution in [0.2, 0.25) is 0 Å². The summed E-state index contributed by atoms with van der Waals surface area (Å²) >= 11 is 0. The SMILES string of the molecule is COc1ccccc1-c1n[nH]c(C(=O)NCc2cnc(C)[nH]2)n1. The number of amides is 1. The van der Waals surface area contributed by atoms with Crippen LogP contribution in [0.4, 0.5) is 0 Å². The molecule has 3 N–H and O–H groups in total. The lowest BCUT2D eigenvalue weighted by Gasteiger charge is -2.03. The van der Waals surface area contributed by atoms with Crippen LogP contribution in [-0.2, 0) is 6.54 Å². The van der Waals surface area contributed by atoms with E-state index >= 15 is 0 Å². The van der Waals surface area contributed by atoms with Gasteiger partial charge in [-0.15, -0.1) is 0 Å². The number of hydrogen-bond donors (Lipinski definition) is 3. The molecule has 1 aromatic carbocycles. The van der Waals surface area contributed by atoms with E-state index in [1.165, 1.54) is 0 Å². The Morgan fingerprint density at radius 1 is 1.35 bits per heavy atom. The second-order valence-electron chi connectivity index (χ2n) is 4.88. The standard InChI is InChI=1S/C15H16N6O2/c1-9-16-7-10(18-9)8-17-15(22)14-19-13(20-21-14)11-5-3-4-6-12(11)23-2/h3-7H,8H2,1-2H3,(H,16,18)(H,17,22)(H,19,20,21). The number of methoxy groups -OCH3 is 1. The van der Waals surface area contributed by atoms with Gasteiger partial charge in [0.05, 0.1) is 31.1 Å². The van der Waals surface area contributed by atoms with Crippen molar-refractivity contribution in [2.75, 3.05) is 7.11 Å². The highest BCUT2D eigenvalue weighted by molar-refractivity contribution is 5.90. The van der Waals surface area contributed by atoms with E-state index in [1.807, 2.05) is 31.2 Å². The fourth-order valence-corrected chi connectivity index (χ4v) is 2.13. The van der Waals surface area contributed by atoms with Crippen LogP contribution in [-0.4, -0.2) is 38.2 Å². The third kappa shape index (κ3) is 3.20. The Morgan fingerprint density at radius 3 is 2.91 bits per heavy atom. The molecule has 23 heavy (non-hydrogen) atoms. The highest BCUT2D eigenvalue weighted by atomic mass is 16.5. The van der Waals surface area contributed by atoms with Gasteiger partial charge in [-0.3, -0.25) is 9.89 Å². The molecule has 0 spiro atoms. The number of nitrogens with one attached hydrogen (secondary N) is 3. The number of ether oxygens (including phenoxy) is 1. The molecule has 0 aliphatic carbocycles. The third-order valence-corrected chi connectivity index (χ3v) is 3.24. The van der Waals surface area contributed by atoms with Crippen LogP contribution in [0.15, 0.2) is 30.5 Å². The molecular weight excluding hydrogens is 296 g/mol. The van der Waals surface area contributed by atoms with E-state index in [2.05, 4.69) is 30.5 Å². The summed E-state index contributed by atoms with van der Waals surface area (Å²) in [5.41, 5.74) is 1.54. The fraction of sp³-hybridized carbons (Fsp3) is 0.200. The van der Waals surface area contributed by atoms with Crippen molar-refractivity contribution in [1.29, 1.82) is 0 Å². The third-order valence-electron chi connectivity index (χ3n) is 3.24. The lowest BCUT2D eigenvalue weighted by molar-refractivity contribution is 0.0940. The molecule has 8 nitrogen and oxygen atoms in total. The largest absolute Gasteiger partial charge is 0.496 e. The van der Waals surface area contributed by atoms with Gasteiger partial charge in [0.15, 0.2) is 5.82 Å². The van der Waals surface area contributed by atoms with Crippen molar-refractivity contribution in [2.24, 2.45) is 0 Å². The zero-order valence-corrected chi connectivity index (χ0v) is 12.8. The van der Waals surface area contributed by atoms with Crippen LogP contribution in [0.1, 0.15) is 22.1 Å². The maximum absolute atomic E-state index is 12.1. The number of para-hydroxylation sites is 1. The number of aromatic nitrogens is 5. The van der Waals surface area contributed by atoms with Crippen molar-refractivity contribution in [1.82, 2.24) is 30.5 Å². The van der Waals surface area contributed by atoms with Crippen molar-refractivity contribution in [3.63, 3.8) is 0 Å². The van der Waals surface area contributed by atoms with Gasteiger partial charge in [-0.1, -0.05) is 12.1 Å². The second kappa shape index (κ2) is 6.30. The van der Waals surface area contributed by atoms with Gasteiger partial charge in [-0.05, 0) is 19.1 Å². The van der Waals surface area contributed by atoms with Crippen molar-refractivity contribution in [3.8, 4) is 17.1 Å². The zero-order chi connectivity index (χ0) is 16.2. The first kappa shape index (κ1) is 14.8. The van der Waals surface area contributed by atoms with E-state index in [0.717, 1.165) is 17.1 Å². The van der Waals surface area contributed by atoms with Crippen LogP contribution in [0.25, 0.3) is 11.4 Å². The lowest BCUT2D eigenvalue weighted by Crippen LogP contribution is -2.24. The Balaban J connectivity index is 1.72. The number of aromatic amines is 2. The minimum Gasteiger partial charge on any atom is -0.496 e. The summed E-state index contributed by atoms with van der Waals surface area (Å²) in [4.78, 5) is 23.4. The number of hydrogen-bond acceptors (Lipinski definition) is 5. The topological polar surface area (TPSA) is 109 Å². The average Bonchev–Trinajstić information content (AvgIpc) is 3.21. The Bertz CT molecular complexity index is 823. The van der Waals surface area contributed by atoms with Gasteiger partial charge < -0.3 is 15.0 Å². The number of rotatable bonds is 5. The molecule has 0 saturated carbocycles. The zero-order valence-electron chi connectivity index (χ0n) is 12.8. The molecule has 118 valence electrons. The minimum absolute atomic E-state index is 0.141. The normalized spacial score (nSPS) is 10.5. The predicted octanol–water partition coefficient (Wildman–Crippen LogP) is 1.44. The predicted molar refractivity (Wildman–Crippen MR) is 82.9 cm³/mol. The smallest absolute Gasteiger partial charge is 0.288 e. The molecule has 8 heteroatoms. The number of nitrogens with zero attached hydrogens (tertiary/aromatic N) is 3. The Morgan fingerprint density at radius 2 is 2.17 bits per heavy atom. The van der Waals surface area contributed by atoms with Gasteiger partial charge in [0.25, 0.3) is 5.91 Å². The number of benzene rings is 1. The molecule has 0 atom stereocenters. The molecule has 0 aliphatic heterocycles. The quantitative estimate of drug-likeness (QED) is 0.660. The Labute approximate surface area is 132 Å². The van der Waals surface area contributed by atoms with Crippen molar-refractivity contribution >= 4 is 5.91 Å². The highest BCUT2D eigenvalue weighted by Crippen LogP contribution is 2.26. The first-order chi connectivity index (χ1) is 11.2. The number of aryl methyl sites for hydroxylation is 1. The first-order valence-electron chi connectivity index (χ1n) is 7.02. The number of imidazole rings is 1. The molecule has 0 radical (unpaired) electrons. The molecule has 0 unspecified atom stereocenters. The summed E-state index contributed by atoms with van der Waals surface area (Å²) in [6.07, 6.45) is 1.68. The Hall–Kier alpha value is -3.16. The van der Waals surface area contributed by atoms with E-state index in [4.69, 9.17) is 4.74 Å². The monoisotopic (exact) mass is 312 g/mol. The fourth-order valence-electron chi connectivity index (χ4n) is 2.13. The summed E-state index contributed by atoms with van der Waals surface area (Å²) in [5.74, 6) is 1.65. The number of H-pyrrole nitrogens is 2. The summed E-state index contributed by atoms with van der Waals surface area (Å²) in [5, 5.41) is 9.47. The van der Waals surface area contributed by atoms with Crippen molar-refractivity contribution < 1.29 is 9.53 Å². The Kier molecular flexibility index (Phi) is 4.05. The molecule has 3 rings (SSSR count). The van der Waals surface area contributed by atoms with Crippen LogP contribution < -0.4 is 10.1 Å². The summed E-state index contributed by atoms with van der Waals surface area (Å²) in [6.45, 7) is 2.19. The number of carbonyl (C=O) groups excluding carboxylic acids is 1. The van der Waals surface area contributed by atoms with Crippen LogP contribution in [0.5, 0.6) is 5.75 Å². The van der Waals surface area contributed by atoms with Gasteiger partial charge in [0, 0.05) is 0 Å². The maximum atomic E-state index is 12.1. The highest BCUT2D eigenvalue weighted by Gasteiger charge is 2.15. The molecule has 3 aromatic rings. The number of carbonyl (C=O) groups is 1. The average molecular weight is 312 g/mol. The van der Waals surface area contributed by atoms with Crippen LogP contribution in [0.3, 0.4) is 0 Å². The second-order valence-corrected chi connectivity index (χ2v) is 4.88. The van der Waals surface area contributed by atoms with E-state index in [-0.39, 0.29) is 11.7 Å². The van der Waals surface area contributed by atoms with Crippen molar-refractivity contribution in [3.05, 3.63) is 47.8 Å². The van der Waals surface area contributed by atoms with Crippen LogP contribution in [0, 0.1) is 6.92 Å². The van der Waals surface area contributed by atoms with E-state index in [9.17, 15) is 4.79 Å². The molecule has 0 saturated heterocycles. The molecule has 0 bridgehead atoms.